The first-order chi connectivity index (χ1) is 8.51. The Morgan fingerprint density at radius 2 is 2.22 bits per heavy atom. The number of hydrogen-bond donors (Lipinski definition) is 1. The number of halogens is 1. The number of pyridine rings is 1. The third kappa shape index (κ3) is 3.28. The van der Waals surface area contributed by atoms with Crippen LogP contribution in [0.25, 0.3) is 0 Å². The predicted octanol–water partition coefficient (Wildman–Crippen LogP) is 1.69. The Morgan fingerprint density at radius 1 is 1.44 bits per heavy atom. The summed E-state index contributed by atoms with van der Waals surface area (Å²) in [5.41, 5.74) is 0. The molecule has 1 fully saturated rings. The SMILES string of the molecule is COC1CCC(NS(=O)(=O)c2cncc(Br)c2)C1. The van der Waals surface area contributed by atoms with Crippen molar-refractivity contribution in [2.45, 2.75) is 36.3 Å². The largest absolute Gasteiger partial charge is 0.381 e. The van der Waals surface area contributed by atoms with Gasteiger partial charge in [0.25, 0.3) is 0 Å². The van der Waals surface area contributed by atoms with E-state index in [9.17, 15) is 8.42 Å². The number of methoxy groups -OCH3 is 1. The van der Waals surface area contributed by atoms with Gasteiger partial charge in [-0.25, -0.2) is 13.1 Å². The molecular weight excluding hydrogens is 320 g/mol. The Labute approximate surface area is 115 Å². The van der Waals surface area contributed by atoms with Crippen LogP contribution < -0.4 is 4.72 Å². The van der Waals surface area contributed by atoms with Crippen LogP contribution in [0.4, 0.5) is 0 Å². The van der Waals surface area contributed by atoms with Crippen LogP contribution in [0, 0.1) is 0 Å². The molecule has 1 aromatic rings. The van der Waals surface area contributed by atoms with Gasteiger partial charge in [-0.2, -0.15) is 0 Å². The van der Waals surface area contributed by atoms with Gasteiger partial charge >= 0.3 is 0 Å². The summed E-state index contributed by atoms with van der Waals surface area (Å²) < 4.78 is 32.8. The summed E-state index contributed by atoms with van der Waals surface area (Å²) in [5.74, 6) is 0. The lowest BCUT2D eigenvalue weighted by molar-refractivity contribution is 0.107. The minimum atomic E-state index is -3.50. The van der Waals surface area contributed by atoms with Crippen molar-refractivity contribution in [3.8, 4) is 0 Å². The lowest BCUT2D eigenvalue weighted by atomic mass is 10.3. The van der Waals surface area contributed by atoms with Crippen molar-refractivity contribution < 1.29 is 13.2 Å². The second kappa shape index (κ2) is 5.64. The van der Waals surface area contributed by atoms with Crippen LogP contribution in [0.1, 0.15) is 19.3 Å². The first-order valence-corrected chi connectivity index (χ1v) is 7.94. The van der Waals surface area contributed by atoms with E-state index in [2.05, 4.69) is 25.6 Å². The van der Waals surface area contributed by atoms with Crippen LogP contribution in [-0.4, -0.2) is 32.7 Å². The van der Waals surface area contributed by atoms with Crippen molar-refractivity contribution >= 4 is 26.0 Å². The van der Waals surface area contributed by atoms with Crippen molar-refractivity contribution in [2.75, 3.05) is 7.11 Å². The predicted molar refractivity (Wildman–Crippen MR) is 70.7 cm³/mol. The minimum absolute atomic E-state index is 0.0565. The van der Waals surface area contributed by atoms with E-state index >= 15 is 0 Å². The summed E-state index contributed by atoms with van der Waals surface area (Å²) in [7, 11) is -1.84. The third-order valence-electron chi connectivity index (χ3n) is 3.03. The maximum absolute atomic E-state index is 12.1. The van der Waals surface area contributed by atoms with Gasteiger partial charge in [-0.05, 0) is 41.3 Å². The molecule has 1 heterocycles. The van der Waals surface area contributed by atoms with Gasteiger partial charge < -0.3 is 4.74 Å². The number of nitrogens with zero attached hydrogens (tertiary/aromatic N) is 1. The molecule has 0 aliphatic heterocycles. The molecule has 5 nitrogen and oxygen atoms in total. The van der Waals surface area contributed by atoms with Crippen molar-refractivity contribution in [3.63, 3.8) is 0 Å². The molecule has 0 saturated heterocycles. The van der Waals surface area contributed by atoms with Gasteiger partial charge in [0.15, 0.2) is 0 Å². The highest BCUT2D eigenvalue weighted by Crippen LogP contribution is 2.23. The van der Waals surface area contributed by atoms with Gasteiger partial charge in [0.2, 0.25) is 10.0 Å². The highest BCUT2D eigenvalue weighted by molar-refractivity contribution is 9.10. The van der Waals surface area contributed by atoms with Crippen LogP contribution in [0.5, 0.6) is 0 Å². The topological polar surface area (TPSA) is 68.3 Å². The van der Waals surface area contributed by atoms with Crippen molar-refractivity contribution in [3.05, 3.63) is 22.9 Å². The van der Waals surface area contributed by atoms with E-state index in [1.165, 1.54) is 12.3 Å². The number of aromatic nitrogens is 1. The van der Waals surface area contributed by atoms with E-state index in [0.29, 0.717) is 4.47 Å². The van der Waals surface area contributed by atoms with Gasteiger partial charge in [-0.15, -0.1) is 0 Å². The molecule has 0 aromatic carbocycles. The molecule has 100 valence electrons. The molecule has 2 rings (SSSR count). The molecule has 0 bridgehead atoms. The Balaban J connectivity index is 2.09. The van der Waals surface area contributed by atoms with E-state index in [4.69, 9.17) is 4.74 Å². The molecule has 0 spiro atoms. The van der Waals surface area contributed by atoms with Crippen LogP contribution in [-0.2, 0) is 14.8 Å². The zero-order valence-corrected chi connectivity index (χ0v) is 12.4. The van der Waals surface area contributed by atoms with E-state index in [-0.39, 0.29) is 17.0 Å². The molecule has 0 amide bonds. The van der Waals surface area contributed by atoms with E-state index in [1.807, 2.05) is 0 Å². The molecule has 1 saturated carbocycles. The fourth-order valence-electron chi connectivity index (χ4n) is 2.09. The number of nitrogens with one attached hydrogen (secondary N) is 1. The Hall–Kier alpha value is -0.500. The third-order valence-corrected chi connectivity index (χ3v) is 4.95. The molecule has 2 unspecified atom stereocenters. The standard InChI is InChI=1S/C11H15BrN2O3S/c1-17-10-3-2-9(5-10)14-18(15,16)11-4-8(12)6-13-7-11/h4,6-7,9-10,14H,2-3,5H2,1H3. The molecule has 1 aromatic heterocycles. The number of hydrogen-bond acceptors (Lipinski definition) is 4. The molecule has 2 atom stereocenters. The summed E-state index contributed by atoms with van der Waals surface area (Å²) in [4.78, 5) is 4.04. The van der Waals surface area contributed by atoms with Gasteiger partial charge in [-0.1, -0.05) is 0 Å². The summed E-state index contributed by atoms with van der Waals surface area (Å²) in [6.45, 7) is 0. The molecule has 7 heteroatoms. The Morgan fingerprint density at radius 3 is 2.83 bits per heavy atom. The van der Waals surface area contributed by atoms with Crippen molar-refractivity contribution in [1.29, 1.82) is 0 Å². The molecule has 0 radical (unpaired) electrons. The Kier molecular flexibility index (Phi) is 4.37. The fourth-order valence-corrected chi connectivity index (χ4v) is 3.88. The van der Waals surface area contributed by atoms with Crippen LogP contribution in [0.15, 0.2) is 27.8 Å². The van der Waals surface area contributed by atoms with E-state index < -0.39 is 10.0 Å². The fraction of sp³-hybridized carbons (Fsp3) is 0.545. The molecular formula is C11H15BrN2O3S. The van der Waals surface area contributed by atoms with Gasteiger partial charge in [0.1, 0.15) is 4.90 Å². The number of rotatable bonds is 4. The average Bonchev–Trinajstić information content (AvgIpc) is 2.76. The normalized spacial score (nSPS) is 24.3. The number of ether oxygens (including phenoxy) is 1. The van der Waals surface area contributed by atoms with E-state index in [1.54, 1.807) is 13.3 Å². The molecule has 1 N–H and O–H groups in total. The maximum Gasteiger partial charge on any atom is 0.242 e. The van der Waals surface area contributed by atoms with Crippen molar-refractivity contribution in [1.82, 2.24) is 9.71 Å². The first-order valence-electron chi connectivity index (χ1n) is 5.67. The summed E-state index contributed by atoms with van der Waals surface area (Å²) in [6, 6.07) is 1.48. The molecule has 1 aliphatic rings. The lowest BCUT2D eigenvalue weighted by Gasteiger charge is -2.13. The van der Waals surface area contributed by atoms with E-state index in [0.717, 1.165) is 19.3 Å². The van der Waals surface area contributed by atoms with Gasteiger partial charge in [0.05, 0.1) is 6.10 Å². The molecule has 18 heavy (non-hydrogen) atoms. The smallest absolute Gasteiger partial charge is 0.242 e. The second-order valence-electron chi connectivity index (χ2n) is 4.33. The number of sulfonamides is 1. The Bertz CT molecular complexity index is 521. The highest BCUT2D eigenvalue weighted by atomic mass is 79.9. The monoisotopic (exact) mass is 334 g/mol. The zero-order chi connectivity index (χ0) is 13.2. The average molecular weight is 335 g/mol. The summed E-state index contributed by atoms with van der Waals surface area (Å²) in [5, 5.41) is 0. The van der Waals surface area contributed by atoms with Gasteiger partial charge in [-0.3, -0.25) is 4.98 Å². The van der Waals surface area contributed by atoms with Crippen LogP contribution in [0.2, 0.25) is 0 Å². The maximum atomic E-state index is 12.1. The summed E-state index contributed by atoms with van der Waals surface area (Å²) in [6.07, 6.45) is 5.46. The summed E-state index contributed by atoms with van der Waals surface area (Å²) >= 11 is 3.21. The van der Waals surface area contributed by atoms with Crippen molar-refractivity contribution in [2.24, 2.45) is 0 Å². The lowest BCUT2D eigenvalue weighted by Crippen LogP contribution is -2.33. The first kappa shape index (κ1) is 13.9. The highest BCUT2D eigenvalue weighted by Gasteiger charge is 2.28. The van der Waals surface area contributed by atoms with Crippen LogP contribution >= 0.6 is 15.9 Å². The molecule has 1 aliphatic carbocycles. The van der Waals surface area contributed by atoms with Gasteiger partial charge in [0, 0.05) is 30.0 Å². The zero-order valence-electron chi connectivity index (χ0n) is 9.97. The second-order valence-corrected chi connectivity index (χ2v) is 6.96. The quantitative estimate of drug-likeness (QED) is 0.909. The minimum Gasteiger partial charge on any atom is -0.381 e. The van der Waals surface area contributed by atoms with Crippen LogP contribution in [0.3, 0.4) is 0 Å².